The van der Waals surface area contributed by atoms with Crippen LogP contribution in [0.4, 0.5) is 5.69 Å². The maximum Gasteiger partial charge on any atom is 0.343 e. The second kappa shape index (κ2) is 9.40. The molecular formula is C17H21NO5. The average Bonchev–Trinajstić information content (AvgIpc) is 2.55. The fourth-order valence-electron chi connectivity index (χ4n) is 1.83. The Morgan fingerprint density at radius 1 is 1.26 bits per heavy atom. The highest BCUT2D eigenvalue weighted by Gasteiger charge is 2.15. The van der Waals surface area contributed by atoms with Gasteiger partial charge in [0.2, 0.25) is 0 Å². The number of esters is 2. The lowest BCUT2D eigenvalue weighted by Crippen LogP contribution is -2.11. The summed E-state index contributed by atoms with van der Waals surface area (Å²) in [6, 6.07) is 6.57. The van der Waals surface area contributed by atoms with Crippen LogP contribution in [0, 0.1) is 0 Å². The van der Waals surface area contributed by atoms with E-state index in [2.05, 4.69) is 9.73 Å². The molecule has 1 rings (SSSR count). The number of ether oxygens (including phenoxy) is 2. The summed E-state index contributed by atoms with van der Waals surface area (Å²) < 4.78 is 9.61. The molecule has 0 heterocycles. The van der Waals surface area contributed by atoms with E-state index in [-0.39, 0.29) is 23.5 Å². The van der Waals surface area contributed by atoms with Gasteiger partial charge in [-0.1, -0.05) is 19.1 Å². The Kier molecular flexibility index (Phi) is 7.53. The van der Waals surface area contributed by atoms with Crippen LogP contribution in [-0.2, 0) is 14.3 Å². The van der Waals surface area contributed by atoms with Crippen molar-refractivity contribution in [2.24, 2.45) is 4.99 Å². The summed E-state index contributed by atoms with van der Waals surface area (Å²) in [5.74, 6) is -1.28. The van der Waals surface area contributed by atoms with Crippen LogP contribution in [0.1, 0.15) is 37.0 Å². The molecule has 124 valence electrons. The van der Waals surface area contributed by atoms with E-state index in [1.54, 1.807) is 31.2 Å². The lowest BCUT2D eigenvalue weighted by Gasteiger charge is -2.06. The van der Waals surface area contributed by atoms with E-state index in [4.69, 9.17) is 4.74 Å². The van der Waals surface area contributed by atoms with Crippen molar-refractivity contribution in [3.8, 4) is 0 Å². The third-order valence-corrected chi connectivity index (χ3v) is 2.94. The third-order valence-electron chi connectivity index (χ3n) is 2.94. The minimum atomic E-state index is -0.655. The van der Waals surface area contributed by atoms with Crippen LogP contribution in [0.15, 0.2) is 40.6 Å². The standard InChI is InChI=1S/C17H21NO5/c1-4-8-15(19)13(17(21)23-5-2)11-18-14-10-7-6-9-12(14)16(20)22-3/h6-7,9-11,19H,4-5,8H2,1-3H3. The van der Waals surface area contributed by atoms with E-state index < -0.39 is 11.9 Å². The Balaban J connectivity index is 3.19. The molecule has 23 heavy (non-hydrogen) atoms. The van der Waals surface area contributed by atoms with Crippen LogP contribution in [0.3, 0.4) is 0 Å². The van der Waals surface area contributed by atoms with Crippen LogP contribution < -0.4 is 0 Å². The highest BCUT2D eigenvalue weighted by Crippen LogP contribution is 2.20. The zero-order valence-electron chi connectivity index (χ0n) is 13.5. The fraction of sp³-hybridized carbons (Fsp3) is 0.353. The average molecular weight is 319 g/mol. The van der Waals surface area contributed by atoms with Crippen LogP contribution in [-0.4, -0.2) is 37.0 Å². The quantitative estimate of drug-likeness (QED) is 0.360. The zero-order valence-corrected chi connectivity index (χ0v) is 13.5. The van der Waals surface area contributed by atoms with Crippen LogP contribution in [0.5, 0.6) is 0 Å². The molecular weight excluding hydrogens is 298 g/mol. The number of benzene rings is 1. The van der Waals surface area contributed by atoms with Crippen molar-refractivity contribution < 1.29 is 24.2 Å². The molecule has 1 aromatic carbocycles. The number of methoxy groups -OCH3 is 1. The molecule has 0 amide bonds. The van der Waals surface area contributed by atoms with Crippen molar-refractivity contribution in [1.29, 1.82) is 0 Å². The molecule has 6 nitrogen and oxygen atoms in total. The largest absolute Gasteiger partial charge is 0.511 e. The summed E-state index contributed by atoms with van der Waals surface area (Å²) in [6.45, 7) is 3.74. The Bertz CT molecular complexity index is 619. The predicted molar refractivity (Wildman–Crippen MR) is 87.1 cm³/mol. The van der Waals surface area contributed by atoms with E-state index in [0.717, 1.165) is 0 Å². The van der Waals surface area contributed by atoms with Crippen LogP contribution in [0.2, 0.25) is 0 Å². The summed E-state index contributed by atoms with van der Waals surface area (Å²) in [5, 5.41) is 10.0. The van der Waals surface area contributed by atoms with Gasteiger partial charge in [-0.05, 0) is 25.5 Å². The van der Waals surface area contributed by atoms with Gasteiger partial charge in [0, 0.05) is 12.6 Å². The van der Waals surface area contributed by atoms with Crippen LogP contribution in [0.25, 0.3) is 0 Å². The number of para-hydroxylation sites is 1. The normalized spacial score (nSPS) is 12.0. The molecule has 0 spiro atoms. The van der Waals surface area contributed by atoms with Gasteiger partial charge >= 0.3 is 11.9 Å². The SMILES string of the molecule is CCCC(O)=C(C=Nc1ccccc1C(=O)OC)C(=O)OCC. The first-order valence-corrected chi connectivity index (χ1v) is 7.35. The second-order valence-electron chi connectivity index (χ2n) is 4.60. The molecule has 0 atom stereocenters. The minimum Gasteiger partial charge on any atom is -0.511 e. The number of nitrogens with zero attached hydrogens (tertiary/aromatic N) is 1. The molecule has 0 aromatic heterocycles. The van der Waals surface area contributed by atoms with E-state index in [0.29, 0.717) is 18.5 Å². The number of aliphatic imine (C=N–C) groups is 1. The van der Waals surface area contributed by atoms with Crippen molar-refractivity contribution in [3.05, 3.63) is 41.2 Å². The molecule has 0 unspecified atom stereocenters. The molecule has 6 heteroatoms. The number of hydrogen-bond donors (Lipinski definition) is 1. The number of hydrogen-bond acceptors (Lipinski definition) is 6. The summed E-state index contributed by atoms with van der Waals surface area (Å²) >= 11 is 0. The van der Waals surface area contributed by atoms with Gasteiger partial charge in [0.05, 0.1) is 25.0 Å². The summed E-state index contributed by atoms with van der Waals surface area (Å²) in [5.41, 5.74) is 0.586. The smallest absolute Gasteiger partial charge is 0.343 e. The Labute approximate surface area is 135 Å². The van der Waals surface area contributed by atoms with Gasteiger partial charge in [0.1, 0.15) is 11.3 Å². The summed E-state index contributed by atoms with van der Waals surface area (Å²) in [6.07, 6.45) is 2.21. The summed E-state index contributed by atoms with van der Waals surface area (Å²) in [7, 11) is 1.28. The Hall–Kier alpha value is -2.63. The lowest BCUT2D eigenvalue weighted by atomic mass is 10.1. The Morgan fingerprint density at radius 2 is 1.96 bits per heavy atom. The molecule has 0 saturated heterocycles. The molecule has 0 radical (unpaired) electrons. The van der Waals surface area contributed by atoms with Crippen molar-refractivity contribution >= 4 is 23.8 Å². The second-order valence-corrected chi connectivity index (χ2v) is 4.60. The third kappa shape index (κ3) is 5.25. The number of rotatable bonds is 7. The molecule has 0 fully saturated rings. The van der Waals surface area contributed by atoms with E-state index in [9.17, 15) is 14.7 Å². The molecule has 0 aliphatic carbocycles. The predicted octanol–water partition coefficient (Wildman–Crippen LogP) is 3.35. The molecule has 1 N–H and O–H groups in total. The number of carbonyl (C=O) groups is 2. The van der Waals surface area contributed by atoms with Crippen LogP contribution >= 0.6 is 0 Å². The summed E-state index contributed by atoms with van der Waals surface area (Å²) in [4.78, 5) is 27.8. The maximum atomic E-state index is 11.9. The van der Waals surface area contributed by atoms with Crippen molar-refractivity contribution in [2.45, 2.75) is 26.7 Å². The van der Waals surface area contributed by atoms with Crippen molar-refractivity contribution in [3.63, 3.8) is 0 Å². The molecule has 1 aromatic rings. The van der Waals surface area contributed by atoms with E-state index in [1.807, 2.05) is 6.92 Å². The number of aliphatic hydroxyl groups is 1. The number of carbonyl (C=O) groups excluding carboxylic acids is 2. The highest BCUT2D eigenvalue weighted by molar-refractivity contribution is 6.11. The van der Waals surface area contributed by atoms with Gasteiger partial charge in [-0.3, -0.25) is 4.99 Å². The highest BCUT2D eigenvalue weighted by atomic mass is 16.5. The lowest BCUT2D eigenvalue weighted by molar-refractivity contribution is -0.138. The first-order chi connectivity index (χ1) is 11.0. The van der Waals surface area contributed by atoms with Gasteiger partial charge in [0.15, 0.2) is 0 Å². The Morgan fingerprint density at radius 3 is 2.57 bits per heavy atom. The van der Waals surface area contributed by atoms with Gasteiger partial charge in [0.25, 0.3) is 0 Å². The maximum absolute atomic E-state index is 11.9. The molecule has 0 saturated carbocycles. The minimum absolute atomic E-state index is 0.0200. The van der Waals surface area contributed by atoms with Gasteiger partial charge < -0.3 is 14.6 Å². The first-order valence-electron chi connectivity index (χ1n) is 7.35. The van der Waals surface area contributed by atoms with Crippen molar-refractivity contribution in [1.82, 2.24) is 0 Å². The fourth-order valence-corrected chi connectivity index (χ4v) is 1.83. The van der Waals surface area contributed by atoms with E-state index >= 15 is 0 Å². The molecule has 0 aliphatic rings. The van der Waals surface area contributed by atoms with Gasteiger partial charge in [-0.15, -0.1) is 0 Å². The molecule has 0 aliphatic heterocycles. The monoisotopic (exact) mass is 319 g/mol. The number of allylic oxidation sites excluding steroid dienone is 1. The first kappa shape index (κ1) is 18.4. The topological polar surface area (TPSA) is 85.2 Å². The molecule has 0 bridgehead atoms. The van der Waals surface area contributed by atoms with Crippen molar-refractivity contribution in [2.75, 3.05) is 13.7 Å². The zero-order chi connectivity index (χ0) is 17.2. The number of aliphatic hydroxyl groups excluding tert-OH is 1. The van der Waals surface area contributed by atoms with E-state index in [1.165, 1.54) is 13.3 Å². The van der Waals surface area contributed by atoms with Gasteiger partial charge in [-0.25, -0.2) is 9.59 Å². The van der Waals surface area contributed by atoms with Gasteiger partial charge in [-0.2, -0.15) is 0 Å².